The lowest BCUT2D eigenvalue weighted by atomic mass is 9.83. The van der Waals surface area contributed by atoms with Crippen LogP contribution in [0.5, 0.6) is 23.0 Å². The lowest BCUT2D eigenvalue weighted by Gasteiger charge is -2.25. The Kier molecular flexibility index (Phi) is 21.2. The topological polar surface area (TPSA) is 57.1 Å². The Morgan fingerprint density at radius 3 is 0.939 bits per heavy atom. The van der Waals surface area contributed by atoms with Crippen molar-refractivity contribution in [1.29, 1.82) is 0 Å². The van der Waals surface area contributed by atoms with Gasteiger partial charge in [0, 0.05) is 71.0 Å². The van der Waals surface area contributed by atoms with E-state index in [1.54, 1.807) is 0 Å². The van der Waals surface area contributed by atoms with E-state index in [-0.39, 0.29) is 0 Å². The molecule has 3 aliphatic heterocycles. The summed E-state index contributed by atoms with van der Waals surface area (Å²) >= 11 is 1.85. The van der Waals surface area contributed by atoms with Crippen molar-refractivity contribution in [3.63, 3.8) is 0 Å². The van der Waals surface area contributed by atoms with E-state index in [9.17, 15) is 0 Å². The highest BCUT2D eigenvalue weighted by Gasteiger charge is 2.31. The van der Waals surface area contributed by atoms with E-state index in [0.717, 1.165) is 95.1 Å². The van der Waals surface area contributed by atoms with Crippen molar-refractivity contribution in [2.75, 3.05) is 0 Å². The van der Waals surface area contributed by atoms with Gasteiger partial charge in [-0.15, -0.1) is 0 Å². The smallest absolute Gasteiger partial charge is 0.164 e. The van der Waals surface area contributed by atoms with Gasteiger partial charge in [-0.25, -0.2) is 15.0 Å². The number of para-hydroxylation sites is 4. The second kappa shape index (κ2) is 36.2. The summed E-state index contributed by atoms with van der Waals surface area (Å²) in [7, 11) is 0. The molecular formula is C141H87N3O2S. The summed E-state index contributed by atoms with van der Waals surface area (Å²) in [6.45, 7) is 0. The third-order valence-corrected chi connectivity index (χ3v) is 30.8. The number of hydrogen-bond donors (Lipinski definition) is 0. The van der Waals surface area contributed by atoms with Crippen molar-refractivity contribution in [2.24, 2.45) is 0 Å². The van der Waals surface area contributed by atoms with Gasteiger partial charge in [-0.1, -0.05) is 503 Å². The molecule has 5 nitrogen and oxygen atoms in total. The molecule has 0 radical (unpaired) electrons. The van der Waals surface area contributed by atoms with E-state index >= 15 is 0 Å². The first-order valence-corrected chi connectivity index (χ1v) is 51.0. The number of hydrogen-bond acceptors (Lipinski definition) is 6. The molecule has 147 heavy (non-hydrogen) atoms. The van der Waals surface area contributed by atoms with Gasteiger partial charge in [0.15, 0.2) is 17.5 Å². The Morgan fingerprint density at radius 1 is 0.150 bits per heavy atom. The third kappa shape index (κ3) is 14.9. The molecule has 1 aromatic heterocycles. The van der Waals surface area contributed by atoms with E-state index in [1.165, 1.54) is 185 Å². The minimum atomic E-state index is 0.630. The number of benzene rings is 26. The lowest BCUT2D eigenvalue weighted by Crippen LogP contribution is -2.00. The summed E-state index contributed by atoms with van der Waals surface area (Å²) in [5, 5.41) is 22.1. The molecule has 4 heterocycles. The maximum atomic E-state index is 7.13. The normalized spacial score (nSPS) is 11.9. The first-order valence-electron chi connectivity index (χ1n) is 50.2. The van der Waals surface area contributed by atoms with Crippen molar-refractivity contribution in [3.05, 3.63) is 528 Å². The Balaban J connectivity index is 0.000000108. The average molecular weight is 1890 g/mol. The Labute approximate surface area is 855 Å². The van der Waals surface area contributed by atoms with Gasteiger partial charge in [0.05, 0.1) is 0 Å². The predicted molar refractivity (Wildman–Crippen MR) is 616 cm³/mol. The van der Waals surface area contributed by atoms with Gasteiger partial charge >= 0.3 is 0 Å². The molecule has 0 unspecified atom stereocenters. The van der Waals surface area contributed by atoms with Crippen molar-refractivity contribution in [2.45, 2.75) is 9.79 Å². The van der Waals surface area contributed by atoms with Crippen LogP contribution in [0.2, 0.25) is 0 Å². The van der Waals surface area contributed by atoms with Crippen molar-refractivity contribution < 1.29 is 9.47 Å². The van der Waals surface area contributed by atoms with Gasteiger partial charge in [0.2, 0.25) is 0 Å². The predicted octanol–water partition coefficient (Wildman–Crippen LogP) is 39.3. The van der Waals surface area contributed by atoms with Crippen LogP contribution in [0.25, 0.3) is 265 Å². The summed E-state index contributed by atoms with van der Waals surface area (Å²) in [6, 6.07) is 189. The molecule has 0 aliphatic carbocycles. The third-order valence-electron chi connectivity index (χ3n) is 29.6. The molecule has 0 fully saturated rings. The molecule has 0 saturated carbocycles. The Morgan fingerprint density at radius 2 is 0.442 bits per heavy atom. The van der Waals surface area contributed by atoms with Gasteiger partial charge in [-0.05, 0) is 222 Å². The molecule has 684 valence electrons. The van der Waals surface area contributed by atoms with Gasteiger partial charge < -0.3 is 9.47 Å². The summed E-state index contributed by atoms with van der Waals surface area (Å²) in [4.78, 5) is 18.0. The molecule has 0 saturated heterocycles. The second-order valence-electron chi connectivity index (χ2n) is 37.9. The van der Waals surface area contributed by atoms with Crippen LogP contribution in [0.15, 0.2) is 538 Å². The molecule has 6 heteroatoms. The standard InChI is InChI=1S/C53H33N3S.C46H28O.C42H26O/c1-2-13-34(14-3-1)38-19-8-21-40(31-38)51-54-52(56-53(55-51)42-30-29-35-15-4-5-16-37(35)32-42)41-22-9-20-39(33-41)43-24-12-27-47-46-26-11-18-36-17-10-25-45(49(36)46)44-23-6-7-28-48(44)57-50(43)47;1-2-17-31-29(13-1)14-9-23-33(31)44-35-19-3-5-21-37(35)45(38-22-6-4-20-36(38)44)41-27-12-26-40-39-25-11-16-30-15-10-24-34(43(30)39)32-18-7-8-28-42(32)47-46(40)41;1-2-13-27(14-3-1)40-31-18-4-6-20-33(31)41(34-21-7-5-19-32(34)40)37-25-12-24-36-35-23-11-16-28-15-10-22-30(39(28)35)29-17-8-9-26-38(29)43-42(36)37/h1-33H;1-28H;1-26H. The number of aromatic nitrogens is 3. The summed E-state index contributed by atoms with van der Waals surface area (Å²) in [5.74, 6) is 5.41. The number of rotatable bonds is 9. The van der Waals surface area contributed by atoms with Crippen molar-refractivity contribution >= 4 is 109 Å². The van der Waals surface area contributed by atoms with E-state index in [4.69, 9.17) is 24.4 Å². The van der Waals surface area contributed by atoms with Gasteiger partial charge in [0.25, 0.3) is 0 Å². The molecule has 0 N–H and O–H groups in total. The fourth-order valence-corrected chi connectivity index (χ4v) is 24.3. The largest absolute Gasteiger partial charge is 0.455 e. The number of ether oxygens (including phenoxy) is 2. The van der Waals surface area contributed by atoms with Gasteiger partial charge in [-0.2, -0.15) is 0 Å². The maximum Gasteiger partial charge on any atom is 0.164 e. The number of fused-ring (bicyclic) bond motifs is 18. The zero-order chi connectivity index (χ0) is 96.9. The van der Waals surface area contributed by atoms with Crippen LogP contribution < -0.4 is 9.47 Å². The highest BCUT2D eigenvalue weighted by atomic mass is 32.2. The van der Waals surface area contributed by atoms with Gasteiger partial charge in [0.1, 0.15) is 23.0 Å². The molecule has 0 amide bonds. The van der Waals surface area contributed by atoms with Crippen LogP contribution in [0.3, 0.4) is 0 Å². The molecule has 0 bridgehead atoms. The van der Waals surface area contributed by atoms with Gasteiger partial charge in [-0.3, -0.25) is 0 Å². The SMILES string of the molecule is c1ccc(-c2c3ccccc3c(-c3cccc4c3Oc3ccccc3-c3cccc5cccc-4c35)c3ccccc23)cc1.c1ccc(-c2cccc(-c3nc(-c4cccc(-c5cccc6c5Sc5ccccc5-c5cccc7cccc-6c57)c4)nc(-c4ccc5ccccc5c4)n3)c2)cc1.c1ccc2c(c1)Oc1c(-c3c4ccccc4c(-c4cccc5ccccc45)c4ccccc34)cccc1-c1cccc3cccc-2c13. The lowest BCUT2D eigenvalue weighted by molar-refractivity contribution is 0.488. The van der Waals surface area contributed by atoms with Crippen molar-refractivity contribution in [3.8, 4) is 191 Å². The van der Waals surface area contributed by atoms with E-state index in [1.807, 2.05) is 17.8 Å². The average Bonchev–Trinajstić information content (AvgIpc) is 0.698. The van der Waals surface area contributed by atoms with E-state index in [2.05, 4.69) is 522 Å². The minimum absolute atomic E-state index is 0.630. The number of nitrogens with zero attached hydrogens (tertiary/aromatic N) is 3. The molecule has 26 aromatic carbocycles. The summed E-state index contributed by atoms with van der Waals surface area (Å²) in [6.07, 6.45) is 0. The Hall–Kier alpha value is -19.0. The summed E-state index contributed by atoms with van der Waals surface area (Å²) in [5.41, 5.74) is 31.1. The fourth-order valence-electron chi connectivity index (χ4n) is 23.1. The molecule has 3 aliphatic rings. The summed E-state index contributed by atoms with van der Waals surface area (Å²) < 4.78 is 14.2. The highest BCUT2D eigenvalue weighted by molar-refractivity contribution is 7.99. The zero-order valence-electron chi connectivity index (χ0n) is 79.8. The molecule has 30 rings (SSSR count). The molecule has 0 atom stereocenters. The van der Waals surface area contributed by atoms with Crippen LogP contribution in [0.1, 0.15) is 0 Å². The molecular weight excluding hydrogens is 1800 g/mol. The molecule has 27 aromatic rings. The van der Waals surface area contributed by atoms with Crippen LogP contribution in [-0.2, 0) is 0 Å². The van der Waals surface area contributed by atoms with Crippen molar-refractivity contribution in [1.82, 2.24) is 15.0 Å². The van der Waals surface area contributed by atoms with Crippen LogP contribution in [0, 0.1) is 0 Å². The second-order valence-corrected chi connectivity index (χ2v) is 39.0. The fraction of sp³-hybridized carbons (Fsp3) is 0. The van der Waals surface area contributed by atoms with Crippen LogP contribution in [0.4, 0.5) is 0 Å². The molecule has 0 spiro atoms. The van der Waals surface area contributed by atoms with E-state index < -0.39 is 0 Å². The quantitative estimate of drug-likeness (QED) is 0.134. The minimum Gasteiger partial charge on any atom is -0.455 e. The van der Waals surface area contributed by atoms with Crippen LogP contribution >= 0.6 is 11.8 Å². The first kappa shape index (κ1) is 86.0. The monoisotopic (exact) mass is 1890 g/mol. The maximum absolute atomic E-state index is 7.13. The Bertz CT molecular complexity index is 9930. The first-order chi connectivity index (χ1) is 72.9. The van der Waals surface area contributed by atoms with Crippen LogP contribution in [-0.4, -0.2) is 15.0 Å². The highest BCUT2D eigenvalue weighted by Crippen LogP contribution is 2.59. The zero-order valence-corrected chi connectivity index (χ0v) is 80.6. The van der Waals surface area contributed by atoms with E-state index in [0.29, 0.717) is 17.5 Å².